The maximum absolute atomic E-state index is 14.0. The molecule has 2 aliphatic heterocycles. The smallest absolute Gasteiger partial charge is 0.332 e. The van der Waals surface area contributed by atoms with Crippen molar-refractivity contribution in [2.24, 2.45) is 5.92 Å². The number of amides is 4. The van der Waals surface area contributed by atoms with Crippen LogP contribution in [0.5, 0.6) is 0 Å². The second-order valence-electron chi connectivity index (χ2n) is 10.4. The van der Waals surface area contributed by atoms with Gasteiger partial charge in [-0.15, -0.1) is 0 Å². The maximum atomic E-state index is 14.0. The third kappa shape index (κ3) is 3.21. The molecule has 2 aromatic carbocycles. The van der Waals surface area contributed by atoms with Gasteiger partial charge in [-0.05, 0) is 68.7 Å². The number of aromatic amines is 1. The summed E-state index contributed by atoms with van der Waals surface area (Å²) in [7, 11) is 0. The minimum atomic E-state index is -1.15. The van der Waals surface area contributed by atoms with Crippen molar-refractivity contribution in [3.63, 3.8) is 0 Å². The highest BCUT2D eigenvalue weighted by atomic mass is 16.2. The molecule has 2 fully saturated rings. The van der Waals surface area contributed by atoms with Crippen LogP contribution in [0.2, 0.25) is 0 Å². The number of aromatic nitrogens is 1. The van der Waals surface area contributed by atoms with E-state index >= 15 is 0 Å². The summed E-state index contributed by atoms with van der Waals surface area (Å²) in [6, 6.07) is 14.7. The van der Waals surface area contributed by atoms with Crippen molar-refractivity contribution >= 4 is 34.4 Å². The van der Waals surface area contributed by atoms with Gasteiger partial charge in [0.15, 0.2) is 5.54 Å². The molecule has 4 amide bonds. The Kier molecular flexibility index (Phi) is 4.99. The first-order chi connectivity index (χ1) is 16.9. The second kappa shape index (κ2) is 7.97. The number of carbonyl (C=O) groups is 3. The summed E-state index contributed by atoms with van der Waals surface area (Å²) in [4.78, 5) is 47.3. The summed E-state index contributed by atoms with van der Waals surface area (Å²) in [6.07, 6.45) is 4.76. The van der Waals surface area contributed by atoms with Gasteiger partial charge in [0.1, 0.15) is 0 Å². The van der Waals surface area contributed by atoms with Crippen LogP contribution >= 0.6 is 0 Å². The van der Waals surface area contributed by atoms with Crippen LogP contribution in [0.25, 0.3) is 10.9 Å². The van der Waals surface area contributed by atoms with Gasteiger partial charge in [-0.25, -0.2) is 9.69 Å². The van der Waals surface area contributed by atoms with Gasteiger partial charge >= 0.3 is 6.03 Å². The fraction of sp³-hybridized carbons (Fsp3) is 0.393. The predicted octanol–water partition coefficient (Wildman–Crippen LogP) is 4.72. The lowest BCUT2D eigenvalue weighted by Gasteiger charge is -2.35. The molecule has 1 aromatic heterocycles. The standard InChI is InChI=1S/C28H30N4O3/c1-17-11-13-18(14-12-17)29-25(33)21-8-4-6-10-23(21)32-26(34)28(2)24-20(15-16-31(28)27(32)35)19-7-3-5-9-22(19)30-24/h3-10,17-18,30H,11-16H2,1-2H3,(H,29,33). The first kappa shape index (κ1) is 21.9. The van der Waals surface area contributed by atoms with E-state index in [0.717, 1.165) is 47.8 Å². The molecule has 1 saturated heterocycles. The summed E-state index contributed by atoms with van der Waals surface area (Å²) >= 11 is 0. The largest absolute Gasteiger partial charge is 0.356 e. The van der Waals surface area contributed by atoms with Gasteiger partial charge in [-0.3, -0.25) is 9.59 Å². The molecule has 6 rings (SSSR count). The van der Waals surface area contributed by atoms with Gasteiger partial charge in [0.2, 0.25) is 0 Å². The average Bonchev–Trinajstić information content (AvgIpc) is 3.34. The molecule has 3 aromatic rings. The third-order valence-corrected chi connectivity index (χ3v) is 8.21. The summed E-state index contributed by atoms with van der Waals surface area (Å²) in [5.41, 5.74) is 2.36. The first-order valence-electron chi connectivity index (χ1n) is 12.6. The number of nitrogens with zero attached hydrogens (tertiary/aromatic N) is 2. The highest BCUT2D eigenvalue weighted by molar-refractivity contribution is 6.25. The summed E-state index contributed by atoms with van der Waals surface area (Å²) in [5.74, 6) is 0.117. The average molecular weight is 471 g/mol. The van der Waals surface area contributed by atoms with Crippen LogP contribution in [0, 0.1) is 5.92 Å². The molecule has 3 aliphatic rings. The molecular formula is C28H30N4O3. The minimum Gasteiger partial charge on any atom is -0.356 e. The summed E-state index contributed by atoms with van der Waals surface area (Å²) in [5, 5.41) is 4.23. The van der Waals surface area contributed by atoms with Crippen molar-refractivity contribution in [3.8, 4) is 0 Å². The number of para-hydroxylation sites is 2. The molecule has 7 heteroatoms. The van der Waals surface area contributed by atoms with Crippen LogP contribution in [0.3, 0.4) is 0 Å². The van der Waals surface area contributed by atoms with Crippen molar-refractivity contribution in [3.05, 3.63) is 65.4 Å². The predicted molar refractivity (Wildman–Crippen MR) is 134 cm³/mol. The van der Waals surface area contributed by atoms with Gasteiger partial charge in [0.05, 0.1) is 16.9 Å². The lowest BCUT2D eigenvalue weighted by molar-refractivity contribution is -0.125. The Morgan fingerprint density at radius 3 is 2.54 bits per heavy atom. The van der Waals surface area contributed by atoms with E-state index in [9.17, 15) is 14.4 Å². The van der Waals surface area contributed by atoms with Crippen molar-refractivity contribution in [1.82, 2.24) is 15.2 Å². The van der Waals surface area contributed by atoms with Crippen LogP contribution in [0.1, 0.15) is 61.1 Å². The van der Waals surface area contributed by atoms with Crippen LogP contribution in [0.4, 0.5) is 10.5 Å². The quantitative estimate of drug-likeness (QED) is 0.544. The highest BCUT2D eigenvalue weighted by Crippen LogP contribution is 2.45. The fourth-order valence-electron chi connectivity index (χ4n) is 6.13. The van der Waals surface area contributed by atoms with Crippen LogP contribution < -0.4 is 10.2 Å². The third-order valence-electron chi connectivity index (χ3n) is 8.21. The van der Waals surface area contributed by atoms with Gasteiger partial charge in [-0.2, -0.15) is 0 Å². The van der Waals surface area contributed by atoms with Gasteiger partial charge in [0, 0.05) is 23.5 Å². The lowest BCUT2D eigenvalue weighted by Crippen LogP contribution is -2.49. The Bertz CT molecular complexity index is 1350. The first-order valence-corrected chi connectivity index (χ1v) is 12.6. The second-order valence-corrected chi connectivity index (χ2v) is 10.4. The maximum Gasteiger partial charge on any atom is 0.332 e. The number of rotatable bonds is 3. The zero-order valence-corrected chi connectivity index (χ0v) is 20.1. The molecular weight excluding hydrogens is 440 g/mol. The van der Waals surface area contributed by atoms with Gasteiger partial charge < -0.3 is 15.2 Å². The Balaban J connectivity index is 1.37. The molecule has 7 nitrogen and oxygen atoms in total. The van der Waals surface area contributed by atoms with Gasteiger partial charge in [0.25, 0.3) is 11.8 Å². The molecule has 3 heterocycles. The number of hydrogen-bond donors (Lipinski definition) is 2. The number of carbonyl (C=O) groups excluding carboxylic acids is 3. The zero-order valence-electron chi connectivity index (χ0n) is 20.1. The molecule has 1 aliphatic carbocycles. The number of anilines is 1. The number of benzene rings is 2. The summed E-state index contributed by atoms with van der Waals surface area (Å²) < 4.78 is 0. The van der Waals surface area contributed by atoms with Gasteiger partial charge in [-0.1, -0.05) is 37.3 Å². The molecule has 2 N–H and O–H groups in total. The fourth-order valence-corrected chi connectivity index (χ4v) is 6.13. The minimum absolute atomic E-state index is 0.120. The Hall–Kier alpha value is -3.61. The number of imide groups is 1. The van der Waals surface area contributed by atoms with Crippen molar-refractivity contribution in [2.45, 2.75) is 57.5 Å². The molecule has 1 unspecified atom stereocenters. The van der Waals surface area contributed by atoms with E-state index in [2.05, 4.69) is 17.2 Å². The normalized spacial score (nSPS) is 26.1. The molecule has 1 saturated carbocycles. The van der Waals surface area contributed by atoms with E-state index in [-0.39, 0.29) is 23.9 Å². The highest BCUT2D eigenvalue weighted by Gasteiger charge is 2.59. The van der Waals surface area contributed by atoms with Crippen LogP contribution in [-0.2, 0) is 16.8 Å². The molecule has 0 bridgehead atoms. The molecule has 180 valence electrons. The number of fused-ring (bicyclic) bond motifs is 5. The SMILES string of the molecule is CC1CCC(NC(=O)c2ccccc2N2C(=O)N3CCc4c([nH]c5ccccc45)C3(C)C2=O)CC1. The van der Waals surface area contributed by atoms with E-state index in [0.29, 0.717) is 30.1 Å². The monoisotopic (exact) mass is 470 g/mol. The van der Waals surface area contributed by atoms with E-state index in [1.807, 2.05) is 31.2 Å². The van der Waals surface area contributed by atoms with Crippen molar-refractivity contribution in [2.75, 3.05) is 11.4 Å². The van der Waals surface area contributed by atoms with Crippen molar-refractivity contribution in [1.29, 1.82) is 0 Å². The van der Waals surface area contributed by atoms with E-state index in [1.54, 1.807) is 29.2 Å². The lowest BCUT2D eigenvalue weighted by atomic mass is 9.87. The number of urea groups is 1. The molecule has 0 spiro atoms. The number of nitrogens with one attached hydrogen (secondary N) is 2. The Labute approximate surface area is 204 Å². The van der Waals surface area contributed by atoms with Crippen LogP contribution in [-0.4, -0.2) is 40.3 Å². The van der Waals surface area contributed by atoms with E-state index < -0.39 is 5.54 Å². The molecule has 0 radical (unpaired) electrons. The number of H-pyrrole nitrogens is 1. The Morgan fingerprint density at radius 2 is 1.74 bits per heavy atom. The summed E-state index contributed by atoms with van der Waals surface area (Å²) in [6.45, 7) is 4.50. The van der Waals surface area contributed by atoms with Crippen molar-refractivity contribution < 1.29 is 14.4 Å². The zero-order chi connectivity index (χ0) is 24.3. The molecule has 35 heavy (non-hydrogen) atoms. The van der Waals surface area contributed by atoms with E-state index in [1.165, 1.54) is 4.90 Å². The van der Waals surface area contributed by atoms with Crippen LogP contribution in [0.15, 0.2) is 48.5 Å². The van der Waals surface area contributed by atoms with E-state index in [4.69, 9.17) is 0 Å². The molecule has 1 atom stereocenters. The Morgan fingerprint density at radius 1 is 1.03 bits per heavy atom. The topological polar surface area (TPSA) is 85.5 Å². The number of hydrogen-bond acceptors (Lipinski definition) is 3.